The summed E-state index contributed by atoms with van der Waals surface area (Å²) in [5.41, 5.74) is -0.663. The zero-order valence-electron chi connectivity index (χ0n) is 7.09. The van der Waals surface area contributed by atoms with Crippen molar-refractivity contribution in [1.82, 2.24) is 10.6 Å². The van der Waals surface area contributed by atoms with Crippen LogP contribution in [-0.4, -0.2) is 18.2 Å². The van der Waals surface area contributed by atoms with E-state index in [9.17, 15) is 0 Å². The van der Waals surface area contributed by atoms with Gasteiger partial charge in [-0.2, -0.15) is 10.5 Å². The van der Waals surface area contributed by atoms with Crippen LogP contribution in [0.5, 0.6) is 0 Å². The average Bonchev–Trinajstić information content (AvgIpc) is 2.49. The molecule has 1 fully saturated rings. The van der Waals surface area contributed by atoms with Crippen LogP contribution in [0, 0.1) is 22.7 Å². The molecule has 0 aromatic rings. The number of rotatable bonds is 2. The Labute approximate surface area is 72.2 Å². The van der Waals surface area contributed by atoms with Gasteiger partial charge in [0.25, 0.3) is 0 Å². The lowest BCUT2D eigenvalue weighted by atomic mass is 9.89. The van der Waals surface area contributed by atoms with Crippen LogP contribution in [0.25, 0.3) is 0 Å². The van der Waals surface area contributed by atoms with Crippen molar-refractivity contribution in [3.63, 3.8) is 0 Å². The molecule has 0 radical (unpaired) electrons. The summed E-state index contributed by atoms with van der Waals surface area (Å²) >= 11 is 0. The third-order valence-electron chi connectivity index (χ3n) is 2.18. The van der Waals surface area contributed by atoms with Gasteiger partial charge in [-0.25, -0.2) is 0 Å². The smallest absolute Gasteiger partial charge is 0.136 e. The van der Waals surface area contributed by atoms with E-state index in [1.54, 1.807) is 0 Å². The molecule has 0 bridgehead atoms. The Morgan fingerprint density at radius 3 is 2.83 bits per heavy atom. The average molecular weight is 164 g/mol. The minimum absolute atomic E-state index is 0.373. The molecule has 12 heavy (non-hydrogen) atoms. The van der Waals surface area contributed by atoms with Crippen molar-refractivity contribution in [2.45, 2.75) is 31.3 Å². The van der Waals surface area contributed by atoms with Gasteiger partial charge in [0.2, 0.25) is 0 Å². The topological polar surface area (TPSA) is 71.6 Å². The first-order valence-corrected chi connectivity index (χ1v) is 4.08. The summed E-state index contributed by atoms with van der Waals surface area (Å²) in [7, 11) is 0. The zero-order chi connectivity index (χ0) is 9.03. The monoisotopic (exact) mass is 164 g/mol. The molecule has 0 aromatic carbocycles. The number of hydrogen-bond acceptors (Lipinski definition) is 4. The fourth-order valence-electron chi connectivity index (χ4n) is 1.53. The van der Waals surface area contributed by atoms with Crippen LogP contribution in [0.2, 0.25) is 0 Å². The molecule has 4 heteroatoms. The lowest BCUT2D eigenvalue weighted by Gasteiger charge is -2.22. The van der Waals surface area contributed by atoms with E-state index < -0.39 is 5.54 Å². The normalized spacial score (nSPS) is 34.1. The van der Waals surface area contributed by atoms with E-state index in [4.69, 9.17) is 10.5 Å². The number of nitriles is 2. The number of nitrogens with one attached hydrogen (secondary N) is 2. The van der Waals surface area contributed by atoms with E-state index in [0.29, 0.717) is 13.1 Å². The van der Waals surface area contributed by atoms with E-state index >= 15 is 0 Å². The molecule has 1 saturated heterocycles. The summed E-state index contributed by atoms with van der Waals surface area (Å²) in [6, 6.07) is 3.90. The molecule has 2 atom stereocenters. The largest absolute Gasteiger partial charge is 0.287 e. The van der Waals surface area contributed by atoms with E-state index in [1.165, 1.54) is 0 Å². The molecule has 1 aliphatic heterocycles. The Balaban J connectivity index is 2.79. The first kappa shape index (κ1) is 8.99. The molecular formula is C8H12N4. The molecule has 64 valence electrons. The van der Waals surface area contributed by atoms with Gasteiger partial charge in [0.15, 0.2) is 0 Å². The van der Waals surface area contributed by atoms with Crippen LogP contribution in [-0.2, 0) is 0 Å². The molecule has 1 heterocycles. The summed E-state index contributed by atoms with van der Waals surface area (Å²) in [5, 5.41) is 23.7. The maximum absolute atomic E-state index is 8.95. The van der Waals surface area contributed by atoms with Crippen molar-refractivity contribution < 1.29 is 0 Å². The maximum Gasteiger partial charge on any atom is 0.136 e. The van der Waals surface area contributed by atoms with E-state index in [-0.39, 0.29) is 6.04 Å². The molecular weight excluding hydrogens is 152 g/mol. The maximum atomic E-state index is 8.95. The van der Waals surface area contributed by atoms with Crippen molar-refractivity contribution in [3.05, 3.63) is 0 Å². The Bertz CT molecular complexity index is 236. The fourth-order valence-corrected chi connectivity index (χ4v) is 1.53. The SMILES string of the molecule is CCCC1(C#N)NCNC1C#N. The summed E-state index contributed by atoms with van der Waals surface area (Å²) in [6.45, 7) is 2.55. The number of nitrogens with zero attached hydrogens (tertiary/aromatic N) is 2. The predicted molar refractivity (Wildman–Crippen MR) is 43.8 cm³/mol. The van der Waals surface area contributed by atoms with Crippen LogP contribution in [0.3, 0.4) is 0 Å². The second-order valence-corrected chi connectivity index (χ2v) is 2.95. The van der Waals surface area contributed by atoms with Gasteiger partial charge in [0.1, 0.15) is 11.6 Å². The minimum atomic E-state index is -0.663. The van der Waals surface area contributed by atoms with Gasteiger partial charge in [-0.15, -0.1) is 0 Å². The Morgan fingerprint density at radius 2 is 2.33 bits per heavy atom. The Morgan fingerprint density at radius 1 is 1.58 bits per heavy atom. The van der Waals surface area contributed by atoms with Gasteiger partial charge < -0.3 is 0 Å². The van der Waals surface area contributed by atoms with Crippen molar-refractivity contribution in [2.24, 2.45) is 0 Å². The second-order valence-electron chi connectivity index (χ2n) is 2.95. The molecule has 0 spiro atoms. The van der Waals surface area contributed by atoms with Gasteiger partial charge in [0, 0.05) is 6.67 Å². The molecule has 1 rings (SSSR count). The van der Waals surface area contributed by atoms with Gasteiger partial charge >= 0.3 is 0 Å². The molecule has 0 aromatic heterocycles. The number of hydrogen-bond donors (Lipinski definition) is 2. The molecule has 0 amide bonds. The lowest BCUT2D eigenvalue weighted by molar-refractivity contribution is 0.426. The van der Waals surface area contributed by atoms with Crippen LogP contribution in [0.15, 0.2) is 0 Å². The predicted octanol–water partition coefficient (Wildman–Crippen LogP) is 0.0914. The fraction of sp³-hybridized carbons (Fsp3) is 0.750. The van der Waals surface area contributed by atoms with Gasteiger partial charge in [0.05, 0.1) is 12.1 Å². The zero-order valence-corrected chi connectivity index (χ0v) is 7.09. The summed E-state index contributed by atoms with van der Waals surface area (Å²) in [4.78, 5) is 0. The quantitative estimate of drug-likeness (QED) is 0.606. The highest BCUT2D eigenvalue weighted by Gasteiger charge is 2.42. The highest BCUT2D eigenvalue weighted by atomic mass is 15.2. The van der Waals surface area contributed by atoms with Gasteiger partial charge in [-0.1, -0.05) is 13.3 Å². The van der Waals surface area contributed by atoms with Gasteiger partial charge in [-0.3, -0.25) is 10.6 Å². The standard InChI is InChI=1S/C8H12N4/c1-2-3-8(5-10)7(4-9)11-6-12-8/h7,11-12H,2-3,6H2,1H3. The van der Waals surface area contributed by atoms with Crippen molar-refractivity contribution in [2.75, 3.05) is 6.67 Å². The highest BCUT2D eigenvalue weighted by Crippen LogP contribution is 2.19. The molecule has 1 aliphatic rings. The van der Waals surface area contributed by atoms with Crippen LogP contribution >= 0.6 is 0 Å². The minimum Gasteiger partial charge on any atom is -0.287 e. The highest BCUT2D eigenvalue weighted by molar-refractivity contribution is 5.23. The van der Waals surface area contributed by atoms with Crippen LogP contribution in [0.4, 0.5) is 0 Å². The first-order chi connectivity index (χ1) is 5.79. The van der Waals surface area contributed by atoms with E-state index in [0.717, 1.165) is 6.42 Å². The van der Waals surface area contributed by atoms with E-state index in [1.807, 2.05) is 6.92 Å². The molecule has 0 saturated carbocycles. The third kappa shape index (κ3) is 1.27. The van der Waals surface area contributed by atoms with Gasteiger partial charge in [-0.05, 0) is 6.42 Å². The molecule has 2 unspecified atom stereocenters. The summed E-state index contributed by atoms with van der Waals surface area (Å²) < 4.78 is 0. The molecule has 0 aliphatic carbocycles. The molecule has 2 N–H and O–H groups in total. The lowest BCUT2D eigenvalue weighted by Crippen LogP contribution is -2.47. The first-order valence-electron chi connectivity index (χ1n) is 4.08. The Kier molecular flexibility index (Phi) is 2.65. The van der Waals surface area contributed by atoms with Crippen molar-refractivity contribution in [3.8, 4) is 12.1 Å². The Hall–Kier alpha value is -1.10. The second kappa shape index (κ2) is 3.53. The van der Waals surface area contributed by atoms with Crippen molar-refractivity contribution in [1.29, 1.82) is 10.5 Å². The molecule has 4 nitrogen and oxygen atoms in total. The summed E-state index contributed by atoms with van der Waals surface area (Å²) in [5.74, 6) is 0. The third-order valence-corrected chi connectivity index (χ3v) is 2.18. The van der Waals surface area contributed by atoms with E-state index in [2.05, 4.69) is 22.8 Å². The van der Waals surface area contributed by atoms with Crippen LogP contribution in [0.1, 0.15) is 19.8 Å². The van der Waals surface area contributed by atoms with Crippen LogP contribution < -0.4 is 10.6 Å². The van der Waals surface area contributed by atoms with Crippen molar-refractivity contribution >= 4 is 0 Å². The summed E-state index contributed by atoms with van der Waals surface area (Å²) in [6.07, 6.45) is 1.62.